The third kappa shape index (κ3) is 3.05. The summed E-state index contributed by atoms with van der Waals surface area (Å²) >= 11 is 0. The van der Waals surface area contributed by atoms with E-state index in [0.717, 1.165) is 17.6 Å². The molecular weight excluding hydrogens is 328 g/mol. The second-order valence-electron chi connectivity index (χ2n) is 5.95. The standard InChI is InChI=1S/C18H15F2N3O2/c19-13-6-5-12(9-14(13)20)10-22-7-8-23(11-17(22)24)18-21-15-3-1-2-4-16(15)25-18/h1-6,9H,7-8,10-11H2. The Balaban J connectivity index is 1.46. The van der Waals surface area contributed by atoms with E-state index in [1.807, 2.05) is 24.3 Å². The molecule has 0 aliphatic carbocycles. The van der Waals surface area contributed by atoms with E-state index in [0.29, 0.717) is 30.3 Å². The zero-order chi connectivity index (χ0) is 17.4. The van der Waals surface area contributed by atoms with Crippen LogP contribution >= 0.6 is 0 Å². The molecule has 0 saturated carbocycles. The average Bonchev–Trinajstić information content (AvgIpc) is 3.04. The van der Waals surface area contributed by atoms with E-state index < -0.39 is 11.6 Å². The van der Waals surface area contributed by atoms with Crippen molar-refractivity contribution < 1.29 is 18.0 Å². The first-order chi connectivity index (χ1) is 12.1. The fraction of sp³-hybridized carbons (Fsp3) is 0.222. The highest BCUT2D eigenvalue weighted by Crippen LogP contribution is 2.23. The number of para-hydroxylation sites is 2. The summed E-state index contributed by atoms with van der Waals surface area (Å²) in [6.07, 6.45) is 0. The third-order valence-corrected chi connectivity index (χ3v) is 4.23. The zero-order valence-corrected chi connectivity index (χ0v) is 13.3. The summed E-state index contributed by atoms with van der Waals surface area (Å²) in [6, 6.07) is 11.5. The Morgan fingerprint density at radius 2 is 1.92 bits per heavy atom. The molecule has 7 heteroatoms. The van der Waals surface area contributed by atoms with E-state index >= 15 is 0 Å². The molecule has 0 spiro atoms. The van der Waals surface area contributed by atoms with Crippen molar-refractivity contribution in [3.63, 3.8) is 0 Å². The number of oxazole rings is 1. The van der Waals surface area contributed by atoms with E-state index in [1.165, 1.54) is 6.07 Å². The first kappa shape index (κ1) is 15.6. The topological polar surface area (TPSA) is 49.6 Å². The monoisotopic (exact) mass is 343 g/mol. The Bertz CT molecular complexity index is 908. The lowest BCUT2D eigenvalue weighted by atomic mass is 10.2. The highest BCUT2D eigenvalue weighted by Gasteiger charge is 2.27. The molecule has 0 N–H and O–H groups in total. The molecule has 0 atom stereocenters. The summed E-state index contributed by atoms with van der Waals surface area (Å²) in [5, 5.41) is 0. The number of aromatic nitrogens is 1. The van der Waals surface area contributed by atoms with Crippen molar-refractivity contribution in [1.29, 1.82) is 0 Å². The van der Waals surface area contributed by atoms with Crippen LogP contribution in [-0.4, -0.2) is 35.4 Å². The quantitative estimate of drug-likeness (QED) is 0.734. The largest absolute Gasteiger partial charge is 0.423 e. The SMILES string of the molecule is O=C1CN(c2nc3ccccc3o2)CCN1Cc1ccc(F)c(F)c1. The van der Waals surface area contributed by atoms with Gasteiger partial charge in [0.05, 0.1) is 0 Å². The number of nitrogens with zero attached hydrogens (tertiary/aromatic N) is 3. The molecule has 25 heavy (non-hydrogen) atoms. The average molecular weight is 343 g/mol. The van der Waals surface area contributed by atoms with Crippen LogP contribution in [0.5, 0.6) is 0 Å². The van der Waals surface area contributed by atoms with Crippen LogP contribution < -0.4 is 4.90 Å². The lowest BCUT2D eigenvalue weighted by Crippen LogP contribution is -2.50. The van der Waals surface area contributed by atoms with Gasteiger partial charge in [0.25, 0.3) is 6.01 Å². The van der Waals surface area contributed by atoms with Gasteiger partial charge in [0.1, 0.15) is 12.1 Å². The fourth-order valence-corrected chi connectivity index (χ4v) is 2.89. The highest BCUT2D eigenvalue weighted by atomic mass is 19.2. The molecule has 3 aromatic rings. The van der Waals surface area contributed by atoms with Crippen molar-refractivity contribution in [2.45, 2.75) is 6.54 Å². The van der Waals surface area contributed by atoms with Crippen LogP contribution in [0.4, 0.5) is 14.8 Å². The van der Waals surface area contributed by atoms with Crippen molar-refractivity contribution in [1.82, 2.24) is 9.88 Å². The Morgan fingerprint density at radius 3 is 2.68 bits per heavy atom. The molecule has 1 saturated heterocycles. The van der Waals surface area contributed by atoms with Gasteiger partial charge in [0, 0.05) is 19.6 Å². The number of fused-ring (bicyclic) bond motifs is 1. The van der Waals surface area contributed by atoms with Gasteiger partial charge < -0.3 is 14.2 Å². The molecule has 1 fully saturated rings. The number of carbonyl (C=O) groups excluding carboxylic acids is 1. The van der Waals surface area contributed by atoms with Gasteiger partial charge >= 0.3 is 0 Å². The van der Waals surface area contributed by atoms with Crippen LogP contribution in [0.15, 0.2) is 46.9 Å². The van der Waals surface area contributed by atoms with Crippen molar-refractivity contribution in [2.24, 2.45) is 0 Å². The normalized spacial score (nSPS) is 15.2. The number of halogens is 2. The number of anilines is 1. The van der Waals surface area contributed by atoms with Gasteiger partial charge in [0.2, 0.25) is 5.91 Å². The maximum absolute atomic E-state index is 13.3. The molecule has 4 rings (SSSR count). The molecule has 5 nitrogen and oxygen atoms in total. The minimum atomic E-state index is -0.907. The Morgan fingerprint density at radius 1 is 1.08 bits per heavy atom. The number of hydrogen-bond donors (Lipinski definition) is 0. The maximum Gasteiger partial charge on any atom is 0.298 e. The van der Waals surface area contributed by atoms with Crippen LogP contribution in [0.25, 0.3) is 11.1 Å². The minimum Gasteiger partial charge on any atom is -0.423 e. The van der Waals surface area contributed by atoms with E-state index in [-0.39, 0.29) is 19.0 Å². The first-order valence-corrected chi connectivity index (χ1v) is 7.92. The van der Waals surface area contributed by atoms with Gasteiger partial charge in [0.15, 0.2) is 17.2 Å². The van der Waals surface area contributed by atoms with Gasteiger partial charge in [-0.15, -0.1) is 0 Å². The van der Waals surface area contributed by atoms with Crippen LogP contribution in [-0.2, 0) is 11.3 Å². The molecule has 0 unspecified atom stereocenters. The summed E-state index contributed by atoms with van der Waals surface area (Å²) in [4.78, 5) is 20.2. The van der Waals surface area contributed by atoms with Crippen LogP contribution in [0, 0.1) is 11.6 Å². The second-order valence-corrected chi connectivity index (χ2v) is 5.95. The Hall–Kier alpha value is -2.96. The van der Waals surface area contributed by atoms with E-state index in [9.17, 15) is 13.6 Å². The highest BCUT2D eigenvalue weighted by molar-refractivity contribution is 5.83. The number of piperazine rings is 1. The molecule has 1 aromatic heterocycles. The lowest BCUT2D eigenvalue weighted by molar-refractivity contribution is -0.131. The molecule has 2 aromatic carbocycles. The van der Waals surface area contributed by atoms with E-state index in [1.54, 1.807) is 9.80 Å². The molecule has 0 radical (unpaired) electrons. The van der Waals surface area contributed by atoms with Crippen LogP contribution in [0.2, 0.25) is 0 Å². The smallest absolute Gasteiger partial charge is 0.298 e. The molecule has 128 valence electrons. The van der Waals surface area contributed by atoms with Crippen molar-refractivity contribution in [3.8, 4) is 0 Å². The molecule has 1 aliphatic rings. The van der Waals surface area contributed by atoms with Crippen molar-refractivity contribution in [2.75, 3.05) is 24.5 Å². The number of rotatable bonds is 3. The van der Waals surface area contributed by atoms with Crippen molar-refractivity contribution >= 4 is 23.0 Å². The molecule has 1 aliphatic heterocycles. The van der Waals surface area contributed by atoms with Crippen LogP contribution in [0.3, 0.4) is 0 Å². The second kappa shape index (κ2) is 6.16. The van der Waals surface area contributed by atoms with Crippen molar-refractivity contribution in [3.05, 3.63) is 59.7 Å². The summed E-state index contributed by atoms with van der Waals surface area (Å²) in [5.41, 5.74) is 1.98. The number of benzene rings is 2. The summed E-state index contributed by atoms with van der Waals surface area (Å²) < 4.78 is 32.0. The molecular formula is C18H15F2N3O2. The van der Waals surface area contributed by atoms with Crippen LogP contribution in [0.1, 0.15) is 5.56 Å². The Kier molecular flexibility index (Phi) is 3.83. The van der Waals surface area contributed by atoms with Gasteiger partial charge in [-0.3, -0.25) is 4.79 Å². The summed E-state index contributed by atoms with van der Waals surface area (Å²) in [7, 11) is 0. The summed E-state index contributed by atoms with van der Waals surface area (Å²) in [5.74, 6) is -1.91. The Labute approximate surface area is 142 Å². The number of amides is 1. The van der Waals surface area contributed by atoms with Gasteiger partial charge in [-0.2, -0.15) is 4.98 Å². The summed E-state index contributed by atoms with van der Waals surface area (Å²) in [6.45, 7) is 1.40. The van der Waals surface area contributed by atoms with Gasteiger partial charge in [-0.25, -0.2) is 8.78 Å². The minimum absolute atomic E-state index is 0.113. The fourth-order valence-electron chi connectivity index (χ4n) is 2.89. The number of hydrogen-bond acceptors (Lipinski definition) is 4. The first-order valence-electron chi connectivity index (χ1n) is 7.92. The predicted molar refractivity (Wildman–Crippen MR) is 88.0 cm³/mol. The van der Waals surface area contributed by atoms with E-state index in [2.05, 4.69) is 4.98 Å². The van der Waals surface area contributed by atoms with E-state index in [4.69, 9.17) is 4.42 Å². The third-order valence-electron chi connectivity index (χ3n) is 4.23. The zero-order valence-electron chi connectivity index (χ0n) is 13.3. The van der Waals surface area contributed by atoms with Gasteiger partial charge in [-0.1, -0.05) is 18.2 Å². The van der Waals surface area contributed by atoms with Gasteiger partial charge in [-0.05, 0) is 29.8 Å². The molecule has 1 amide bonds. The number of carbonyl (C=O) groups is 1. The predicted octanol–water partition coefficient (Wildman–Crippen LogP) is 2.95. The lowest BCUT2D eigenvalue weighted by Gasteiger charge is -2.33. The molecule has 0 bridgehead atoms. The molecule has 2 heterocycles. The maximum atomic E-state index is 13.3.